The quantitative estimate of drug-likeness (QED) is 0.485. The summed E-state index contributed by atoms with van der Waals surface area (Å²) in [5.74, 6) is 0.964. The Balaban J connectivity index is 1.92. The molecule has 6 nitrogen and oxygen atoms in total. The van der Waals surface area contributed by atoms with Crippen LogP contribution in [0.2, 0.25) is 0 Å². The smallest absolute Gasteiger partial charge is 0.191 e. The Labute approximate surface area is 170 Å². The van der Waals surface area contributed by atoms with Crippen molar-refractivity contribution in [3.8, 4) is 0 Å². The second-order valence-electron chi connectivity index (χ2n) is 8.52. The van der Waals surface area contributed by atoms with E-state index in [4.69, 9.17) is 0 Å². The summed E-state index contributed by atoms with van der Waals surface area (Å²) >= 11 is 0. The molecule has 0 saturated carbocycles. The minimum atomic E-state index is -2.94. The van der Waals surface area contributed by atoms with Gasteiger partial charge in [-0.1, -0.05) is 44.2 Å². The molecule has 1 aliphatic rings. The molecule has 1 saturated heterocycles. The molecular weight excluding hydrogens is 372 g/mol. The van der Waals surface area contributed by atoms with Crippen LogP contribution in [0.15, 0.2) is 35.3 Å². The van der Waals surface area contributed by atoms with Crippen molar-refractivity contribution < 1.29 is 8.42 Å². The molecule has 1 unspecified atom stereocenters. The van der Waals surface area contributed by atoms with Crippen molar-refractivity contribution >= 4 is 15.8 Å². The number of nitrogens with zero attached hydrogens (tertiary/aromatic N) is 2. The van der Waals surface area contributed by atoms with E-state index in [1.807, 2.05) is 0 Å². The summed E-state index contributed by atoms with van der Waals surface area (Å²) in [7, 11) is -1.17. The minimum Gasteiger partial charge on any atom is -0.356 e. The molecular formula is C21H36N4O2S. The van der Waals surface area contributed by atoms with Gasteiger partial charge in [-0.15, -0.1) is 0 Å². The lowest BCUT2D eigenvalue weighted by Gasteiger charge is -2.30. The highest BCUT2D eigenvalue weighted by Crippen LogP contribution is 2.24. The molecule has 1 aliphatic heterocycles. The lowest BCUT2D eigenvalue weighted by atomic mass is 9.90. The Kier molecular flexibility index (Phi) is 8.31. The fourth-order valence-corrected chi connectivity index (χ4v) is 4.40. The molecule has 2 rings (SSSR count). The summed E-state index contributed by atoms with van der Waals surface area (Å²) in [6.07, 6.45) is 4.42. The van der Waals surface area contributed by atoms with Crippen molar-refractivity contribution in [1.29, 1.82) is 0 Å². The number of hydrogen-bond acceptors (Lipinski definition) is 4. The van der Waals surface area contributed by atoms with Crippen LogP contribution < -0.4 is 10.6 Å². The van der Waals surface area contributed by atoms with Gasteiger partial charge in [-0.05, 0) is 43.3 Å². The minimum absolute atomic E-state index is 0.130. The van der Waals surface area contributed by atoms with Crippen LogP contribution in [0, 0.1) is 5.41 Å². The van der Waals surface area contributed by atoms with Gasteiger partial charge in [0.25, 0.3) is 0 Å². The Morgan fingerprint density at radius 2 is 1.82 bits per heavy atom. The molecule has 2 N–H and O–H groups in total. The van der Waals surface area contributed by atoms with Gasteiger partial charge in [-0.2, -0.15) is 0 Å². The van der Waals surface area contributed by atoms with Crippen molar-refractivity contribution in [2.75, 3.05) is 45.2 Å². The molecule has 0 aromatic heterocycles. The lowest BCUT2D eigenvalue weighted by Crippen LogP contribution is -2.45. The molecule has 0 aliphatic carbocycles. The Morgan fingerprint density at radius 3 is 2.39 bits per heavy atom. The van der Waals surface area contributed by atoms with Gasteiger partial charge in [0, 0.05) is 26.4 Å². The molecule has 0 spiro atoms. The fourth-order valence-electron chi connectivity index (χ4n) is 3.47. The molecule has 28 heavy (non-hydrogen) atoms. The predicted octanol–water partition coefficient (Wildman–Crippen LogP) is 2.45. The SMILES string of the molecule is CN=C(NCC(c1ccccc1)N1CCCC1)NCC(C)(C)CCS(C)(=O)=O. The number of rotatable bonds is 9. The number of hydrogen-bond donors (Lipinski definition) is 2. The van der Waals surface area contributed by atoms with E-state index in [0.29, 0.717) is 19.0 Å². The van der Waals surface area contributed by atoms with Crippen LogP contribution in [-0.2, 0) is 9.84 Å². The maximum Gasteiger partial charge on any atom is 0.191 e. The Morgan fingerprint density at radius 1 is 1.18 bits per heavy atom. The zero-order valence-corrected chi connectivity index (χ0v) is 18.6. The third kappa shape index (κ3) is 7.80. The molecule has 1 aromatic carbocycles. The summed E-state index contributed by atoms with van der Waals surface area (Å²) in [4.78, 5) is 6.88. The van der Waals surface area contributed by atoms with E-state index in [1.54, 1.807) is 7.05 Å². The molecule has 1 atom stereocenters. The van der Waals surface area contributed by atoms with Gasteiger partial charge in [-0.25, -0.2) is 8.42 Å². The van der Waals surface area contributed by atoms with Crippen LogP contribution in [0.25, 0.3) is 0 Å². The number of nitrogens with one attached hydrogen (secondary N) is 2. The second-order valence-corrected chi connectivity index (χ2v) is 10.8. The summed E-state index contributed by atoms with van der Waals surface area (Å²) < 4.78 is 22.9. The number of sulfone groups is 1. The number of benzene rings is 1. The number of guanidine groups is 1. The molecule has 7 heteroatoms. The number of likely N-dealkylation sites (tertiary alicyclic amines) is 1. The highest BCUT2D eigenvalue weighted by Gasteiger charge is 2.24. The lowest BCUT2D eigenvalue weighted by molar-refractivity contribution is 0.245. The van der Waals surface area contributed by atoms with Gasteiger partial charge in [0.2, 0.25) is 0 Å². The van der Waals surface area contributed by atoms with Crippen LogP contribution in [0.3, 0.4) is 0 Å². The molecule has 1 aromatic rings. The van der Waals surface area contributed by atoms with Crippen LogP contribution in [0.5, 0.6) is 0 Å². The first-order valence-electron chi connectivity index (χ1n) is 10.1. The van der Waals surface area contributed by atoms with E-state index in [2.05, 4.69) is 64.7 Å². The van der Waals surface area contributed by atoms with E-state index >= 15 is 0 Å². The average Bonchev–Trinajstić information content (AvgIpc) is 3.18. The van der Waals surface area contributed by atoms with Crippen LogP contribution in [0.1, 0.15) is 44.7 Å². The summed E-state index contributed by atoms with van der Waals surface area (Å²) in [6.45, 7) is 7.87. The first-order valence-corrected chi connectivity index (χ1v) is 12.2. The van der Waals surface area contributed by atoms with Gasteiger partial charge in [0.1, 0.15) is 9.84 Å². The van der Waals surface area contributed by atoms with Crippen molar-refractivity contribution in [3.05, 3.63) is 35.9 Å². The van der Waals surface area contributed by atoms with Crippen LogP contribution >= 0.6 is 0 Å². The van der Waals surface area contributed by atoms with Crippen molar-refractivity contribution in [3.63, 3.8) is 0 Å². The van der Waals surface area contributed by atoms with Gasteiger partial charge in [0.05, 0.1) is 11.8 Å². The van der Waals surface area contributed by atoms with Gasteiger partial charge >= 0.3 is 0 Å². The largest absolute Gasteiger partial charge is 0.356 e. The summed E-state index contributed by atoms with van der Waals surface area (Å²) in [6, 6.07) is 10.9. The van der Waals surface area contributed by atoms with Gasteiger partial charge in [0.15, 0.2) is 5.96 Å². The predicted molar refractivity (Wildman–Crippen MR) is 117 cm³/mol. The van der Waals surface area contributed by atoms with E-state index in [9.17, 15) is 8.42 Å². The zero-order valence-electron chi connectivity index (χ0n) is 17.7. The normalized spacial score (nSPS) is 17.5. The summed E-state index contributed by atoms with van der Waals surface area (Å²) in [5, 5.41) is 6.84. The van der Waals surface area contributed by atoms with Crippen molar-refractivity contribution in [1.82, 2.24) is 15.5 Å². The fraction of sp³-hybridized carbons (Fsp3) is 0.667. The molecule has 1 heterocycles. The van der Waals surface area contributed by atoms with Crippen LogP contribution in [-0.4, -0.2) is 64.5 Å². The van der Waals surface area contributed by atoms with E-state index in [1.165, 1.54) is 24.7 Å². The zero-order chi connectivity index (χ0) is 20.6. The third-order valence-corrected chi connectivity index (χ3v) is 6.28. The average molecular weight is 409 g/mol. The second kappa shape index (κ2) is 10.3. The first-order chi connectivity index (χ1) is 13.2. The van der Waals surface area contributed by atoms with Crippen molar-refractivity contribution in [2.24, 2.45) is 10.4 Å². The van der Waals surface area contributed by atoms with E-state index in [-0.39, 0.29) is 11.2 Å². The maximum absolute atomic E-state index is 11.4. The standard InChI is InChI=1S/C21H36N4O2S/c1-21(2,12-15-28(4,26)27)17-24-20(22-3)23-16-19(25-13-8-9-14-25)18-10-6-5-7-11-18/h5-7,10-11,19H,8-9,12-17H2,1-4H3,(H2,22,23,24). The first kappa shape index (κ1) is 22.7. The van der Waals surface area contributed by atoms with Gasteiger partial charge in [-0.3, -0.25) is 9.89 Å². The monoisotopic (exact) mass is 408 g/mol. The molecule has 0 bridgehead atoms. The highest BCUT2D eigenvalue weighted by molar-refractivity contribution is 7.90. The number of aliphatic imine (C=N–C) groups is 1. The molecule has 158 valence electrons. The topological polar surface area (TPSA) is 73.8 Å². The summed E-state index contributed by atoms with van der Waals surface area (Å²) in [5.41, 5.74) is 1.19. The van der Waals surface area contributed by atoms with Crippen LogP contribution in [0.4, 0.5) is 0 Å². The van der Waals surface area contributed by atoms with E-state index in [0.717, 1.165) is 25.6 Å². The highest BCUT2D eigenvalue weighted by atomic mass is 32.2. The van der Waals surface area contributed by atoms with Gasteiger partial charge < -0.3 is 10.6 Å². The van der Waals surface area contributed by atoms with Crippen molar-refractivity contribution in [2.45, 2.75) is 39.2 Å². The van der Waals surface area contributed by atoms with E-state index < -0.39 is 9.84 Å². The third-order valence-electron chi connectivity index (χ3n) is 5.34. The Bertz CT molecular complexity index is 726. The molecule has 0 radical (unpaired) electrons. The molecule has 1 fully saturated rings. The molecule has 0 amide bonds. The maximum atomic E-state index is 11.4. The Hall–Kier alpha value is -1.60.